The van der Waals surface area contributed by atoms with Gasteiger partial charge in [0.2, 0.25) is 5.75 Å². The standard InChI is InChI=1S/C26H23ClN4O3/c1-31-15-29-13-22(31)26(32,20-6-4-3-5-17(20)12-28)18-9-10-21-19(11-18)23(27)24(25(30-21)33-2)34-14-16-7-8-16/h3-6,9-11,13,15-16,32H,7-8,14H2,1-2H3. The van der Waals surface area contributed by atoms with E-state index < -0.39 is 5.60 Å². The van der Waals surface area contributed by atoms with Gasteiger partial charge in [-0.1, -0.05) is 35.9 Å². The molecule has 1 aliphatic rings. The van der Waals surface area contributed by atoms with Crippen molar-refractivity contribution in [3.63, 3.8) is 0 Å². The summed E-state index contributed by atoms with van der Waals surface area (Å²) in [5.74, 6) is 1.24. The van der Waals surface area contributed by atoms with E-state index in [1.54, 1.807) is 66.6 Å². The topological polar surface area (TPSA) is 93.2 Å². The van der Waals surface area contributed by atoms with Gasteiger partial charge in [-0.25, -0.2) is 9.97 Å². The first kappa shape index (κ1) is 22.2. The van der Waals surface area contributed by atoms with Gasteiger partial charge in [-0.2, -0.15) is 5.26 Å². The minimum Gasteiger partial charge on any atom is -0.486 e. The second-order valence-electron chi connectivity index (χ2n) is 8.51. The normalized spacial score (nSPS) is 15.0. The number of nitrogens with zero attached hydrogens (tertiary/aromatic N) is 4. The molecule has 34 heavy (non-hydrogen) atoms. The summed E-state index contributed by atoms with van der Waals surface area (Å²) < 4.78 is 13.2. The second kappa shape index (κ2) is 8.64. The Hall–Kier alpha value is -3.60. The molecule has 1 aliphatic carbocycles. The summed E-state index contributed by atoms with van der Waals surface area (Å²) >= 11 is 6.82. The molecule has 0 amide bonds. The van der Waals surface area contributed by atoms with E-state index in [-0.39, 0.29) is 0 Å². The van der Waals surface area contributed by atoms with E-state index in [0.717, 1.165) is 12.8 Å². The minimum atomic E-state index is -1.66. The lowest BCUT2D eigenvalue weighted by Gasteiger charge is -2.30. The molecule has 2 aromatic heterocycles. The number of fused-ring (bicyclic) bond motifs is 1. The Kier molecular flexibility index (Phi) is 5.64. The fourth-order valence-corrected chi connectivity index (χ4v) is 4.49. The molecule has 8 heteroatoms. The van der Waals surface area contributed by atoms with Crippen molar-refractivity contribution in [2.75, 3.05) is 13.7 Å². The first-order valence-corrected chi connectivity index (χ1v) is 11.3. The quantitative estimate of drug-likeness (QED) is 0.421. The maximum absolute atomic E-state index is 12.3. The van der Waals surface area contributed by atoms with Gasteiger partial charge in [0.25, 0.3) is 5.88 Å². The zero-order chi connectivity index (χ0) is 23.9. The summed E-state index contributed by atoms with van der Waals surface area (Å²) in [6, 6.07) is 14.5. The first-order chi connectivity index (χ1) is 16.5. The highest BCUT2D eigenvalue weighted by atomic mass is 35.5. The number of nitriles is 1. The van der Waals surface area contributed by atoms with E-state index in [2.05, 4.69) is 16.0 Å². The predicted molar refractivity (Wildman–Crippen MR) is 128 cm³/mol. The third-order valence-electron chi connectivity index (χ3n) is 6.24. The minimum absolute atomic E-state index is 0.322. The molecule has 7 nitrogen and oxygen atoms in total. The zero-order valence-corrected chi connectivity index (χ0v) is 19.6. The van der Waals surface area contributed by atoms with Crippen molar-refractivity contribution in [3.05, 3.63) is 82.4 Å². The molecule has 1 atom stereocenters. The summed E-state index contributed by atoms with van der Waals surface area (Å²) in [7, 11) is 3.33. The van der Waals surface area contributed by atoms with Crippen LogP contribution in [-0.4, -0.2) is 33.4 Å². The van der Waals surface area contributed by atoms with Crippen LogP contribution >= 0.6 is 11.6 Å². The molecule has 2 aromatic carbocycles. The maximum Gasteiger partial charge on any atom is 0.258 e. The molecule has 172 valence electrons. The highest BCUT2D eigenvalue weighted by Gasteiger charge is 2.39. The van der Waals surface area contributed by atoms with Gasteiger partial charge < -0.3 is 19.1 Å². The van der Waals surface area contributed by atoms with Crippen molar-refractivity contribution >= 4 is 22.5 Å². The molecule has 0 bridgehead atoms. The van der Waals surface area contributed by atoms with E-state index in [0.29, 0.717) is 62.5 Å². The molecule has 1 fully saturated rings. The number of hydrogen-bond acceptors (Lipinski definition) is 6. The molecule has 0 aliphatic heterocycles. The molecule has 0 spiro atoms. The number of ether oxygens (including phenoxy) is 2. The van der Waals surface area contributed by atoms with Gasteiger partial charge in [0.1, 0.15) is 0 Å². The summed E-state index contributed by atoms with van der Waals surface area (Å²) in [6.45, 7) is 0.553. The Morgan fingerprint density at radius 2 is 2.06 bits per heavy atom. The van der Waals surface area contributed by atoms with Crippen LogP contribution in [0.5, 0.6) is 11.6 Å². The number of benzene rings is 2. The number of rotatable bonds is 7. The number of aryl methyl sites for hydroxylation is 1. The Labute approximate surface area is 202 Å². The van der Waals surface area contributed by atoms with Crippen LogP contribution in [0.15, 0.2) is 55.0 Å². The smallest absolute Gasteiger partial charge is 0.258 e. The Bertz CT molecular complexity index is 1420. The second-order valence-corrected chi connectivity index (χ2v) is 8.89. The van der Waals surface area contributed by atoms with Crippen LogP contribution in [-0.2, 0) is 12.6 Å². The number of aromatic nitrogens is 3. The van der Waals surface area contributed by atoms with Crippen LogP contribution in [0.1, 0.15) is 35.2 Å². The van der Waals surface area contributed by atoms with Gasteiger partial charge in [0.15, 0.2) is 5.60 Å². The monoisotopic (exact) mass is 474 g/mol. The lowest BCUT2D eigenvalue weighted by atomic mass is 9.81. The number of halogens is 1. The highest BCUT2D eigenvalue weighted by molar-refractivity contribution is 6.37. The Balaban J connectivity index is 1.73. The van der Waals surface area contributed by atoms with Crippen molar-refractivity contribution < 1.29 is 14.6 Å². The molecule has 0 saturated heterocycles. The van der Waals surface area contributed by atoms with Gasteiger partial charge in [-0.15, -0.1) is 0 Å². The zero-order valence-electron chi connectivity index (χ0n) is 18.8. The lowest BCUT2D eigenvalue weighted by molar-refractivity contribution is 0.117. The van der Waals surface area contributed by atoms with Crippen molar-refractivity contribution in [2.24, 2.45) is 13.0 Å². The number of hydrogen-bond donors (Lipinski definition) is 1. The van der Waals surface area contributed by atoms with Crippen molar-refractivity contribution in [2.45, 2.75) is 18.4 Å². The molecule has 2 heterocycles. The van der Waals surface area contributed by atoms with E-state index in [9.17, 15) is 10.4 Å². The van der Waals surface area contributed by atoms with Gasteiger partial charge in [-0.3, -0.25) is 0 Å². The third-order valence-corrected chi connectivity index (χ3v) is 6.62. The van der Waals surface area contributed by atoms with Crippen LogP contribution in [0.25, 0.3) is 10.9 Å². The number of methoxy groups -OCH3 is 1. The molecule has 1 N–H and O–H groups in total. The molecule has 5 rings (SSSR count). The highest BCUT2D eigenvalue weighted by Crippen LogP contribution is 2.44. The summed E-state index contributed by atoms with van der Waals surface area (Å²) in [6.07, 6.45) is 5.48. The predicted octanol–water partition coefficient (Wildman–Crippen LogP) is 4.57. The summed E-state index contributed by atoms with van der Waals surface area (Å²) in [5.41, 5.74) is 0.780. The average molecular weight is 475 g/mol. The average Bonchev–Trinajstić information content (AvgIpc) is 3.60. The molecule has 1 saturated carbocycles. The molecule has 1 unspecified atom stereocenters. The fraction of sp³-hybridized carbons (Fsp3) is 0.269. The summed E-state index contributed by atoms with van der Waals surface area (Å²) in [4.78, 5) is 8.78. The van der Waals surface area contributed by atoms with Crippen LogP contribution in [0.4, 0.5) is 0 Å². The van der Waals surface area contributed by atoms with Crippen LogP contribution in [0.2, 0.25) is 5.02 Å². The van der Waals surface area contributed by atoms with E-state index in [1.165, 1.54) is 7.11 Å². The van der Waals surface area contributed by atoms with Gasteiger partial charge in [-0.05, 0) is 42.5 Å². The summed E-state index contributed by atoms with van der Waals surface area (Å²) in [5, 5.41) is 23.0. The largest absolute Gasteiger partial charge is 0.486 e. The molecular weight excluding hydrogens is 452 g/mol. The lowest BCUT2D eigenvalue weighted by Crippen LogP contribution is -2.32. The van der Waals surface area contributed by atoms with Crippen molar-refractivity contribution in [3.8, 4) is 17.7 Å². The molecule has 0 radical (unpaired) electrons. The molecular formula is C26H23ClN4O3. The number of aliphatic hydroxyl groups is 1. The number of pyridine rings is 1. The van der Waals surface area contributed by atoms with Gasteiger partial charge in [0, 0.05) is 18.0 Å². The fourth-order valence-electron chi connectivity index (χ4n) is 4.20. The van der Waals surface area contributed by atoms with Crippen LogP contribution in [0.3, 0.4) is 0 Å². The van der Waals surface area contributed by atoms with Gasteiger partial charge in [0.05, 0.1) is 54.1 Å². The van der Waals surface area contributed by atoms with Crippen molar-refractivity contribution in [1.82, 2.24) is 14.5 Å². The Morgan fingerprint density at radius 1 is 1.26 bits per heavy atom. The molecule has 4 aromatic rings. The van der Waals surface area contributed by atoms with E-state index >= 15 is 0 Å². The first-order valence-electron chi connectivity index (χ1n) is 11.0. The SMILES string of the molecule is COc1nc2ccc(C(O)(c3ccccc3C#N)c3cncn3C)cc2c(Cl)c1OCC1CC1. The van der Waals surface area contributed by atoms with E-state index in [1.807, 2.05) is 0 Å². The van der Waals surface area contributed by atoms with Gasteiger partial charge >= 0.3 is 0 Å². The third kappa shape index (κ3) is 3.65. The van der Waals surface area contributed by atoms with Crippen molar-refractivity contribution in [1.29, 1.82) is 5.26 Å². The number of imidazole rings is 1. The van der Waals surface area contributed by atoms with Crippen LogP contribution < -0.4 is 9.47 Å². The Morgan fingerprint density at radius 3 is 2.74 bits per heavy atom. The van der Waals surface area contributed by atoms with Crippen LogP contribution in [0, 0.1) is 17.2 Å². The van der Waals surface area contributed by atoms with E-state index in [4.69, 9.17) is 21.1 Å². The maximum atomic E-state index is 12.3.